The van der Waals surface area contributed by atoms with Gasteiger partial charge in [0.25, 0.3) is 0 Å². The van der Waals surface area contributed by atoms with Gasteiger partial charge in [0.15, 0.2) is 0 Å². The minimum absolute atomic E-state index is 0.198. The van der Waals surface area contributed by atoms with Crippen LogP contribution in [0, 0.1) is 0 Å². The number of carbonyl (C=O) groups excluding carboxylic acids is 1. The smallest absolute Gasteiger partial charge is 0.337 e. The van der Waals surface area contributed by atoms with Crippen LogP contribution in [0.15, 0.2) is 24.3 Å². The average Bonchev–Trinajstić information content (AvgIpc) is 2.38. The Morgan fingerprint density at radius 1 is 1.29 bits per heavy atom. The first-order valence-electron chi connectivity index (χ1n) is 6.02. The Kier molecular flexibility index (Phi) is 5.70. The summed E-state index contributed by atoms with van der Waals surface area (Å²) in [4.78, 5) is 11.3. The number of methoxy groups -OCH3 is 1. The van der Waals surface area contributed by atoms with E-state index in [4.69, 9.17) is 5.11 Å². The van der Waals surface area contributed by atoms with Gasteiger partial charge < -0.3 is 9.84 Å². The average molecular weight is 236 g/mol. The lowest BCUT2D eigenvalue weighted by Gasteiger charge is -2.15. The molecule has 0 amide bonds. The maximum Gasteiger partial charge on any atom is 0.337 e. The molecule has 0 spiro atoms. The van der Waals surface area contributed by atoms with E-state index in [1.54, 1.807) is 12.1 Å². The van der Waals surface area contributed by atoms with Gasteiger partial charge in [0.2, 0.25) is 0 Å². The molecule has 17 heavy (non-hydrogen) atoms. The second-order valence-corrected chi connectivity index (χ2v) is 4.11. The highest BCUT2D eigenvalue weighted by molar-refractivity contribution is 5.89. The quantitative estimate of drug-likeness (QED) is 0.772. The van der Waals surface area contributed by atoms with E-state index >= 15 is 0 Å². The van der Waals surface area contributed by atoms with Crippen LogP contribution in [0.1, 0.15) is 48.0 Å². The summed E-state index contributed by atoms with van der Waals surface area (Å²) in [5.74, 6) is 0.0578. The second kappa shape index (κ2) is 7.07. The number of benzene rings is 1. The number of esters is 1. The van der Waals surface area contributed by atoms with Gasteiger partial charge in [-0.15, -0.1) is 0 Å². The van der Waals surface area contributed by atoms with Gasteiger partial charge in [0.1, 0.15) is 0 Å². The molecule has 1 rings (SSSR count). The van der Waals surface area contributed by atoms with Crippen LogP contribution in [0.25, 0.3) is 0 Å². The van der Waals surface area contributed by atoms with Crippen LogP contribution >= 0.6 is 0 Å². The van der Waals surface area contributed by atoms with E-state index < -0.39 is 0 Å². The van der Waals surface area contributed by atoms with Crippen molar-refractivity contribution in [3.8, 4) is 0 Å². The van der Waals surface area contributed by atoms with E-state index in [1.807, 2.05) is 12.1 Å². The maximum atomic E-state index is 11.3. The molecule has 3 heteroatoms. The topological polar surface area (TPSA) is 46.5 Å². The van der Waals surface area contributed by atoms with Crippen LogP contribution < -0.4 is 0 Å². The number of ether oxygens (including phenoxy) is 1. The first-order chi connectivity index (χ1) is 8.22. The van der Waals surface area contributed by atoms with Crippen molar-refractivity contribution in [1.82, 2.24) is 0 Å². The molecule has 0 aromatic heterocycles. The molecule has 0 radical (unpaired) electrons. The summed E-state index contributed by atoms with van der Waals surface area (Å²) in [5, 5.41) is 9.03. The van der Waals surface area contributed by atoms with Crippen molar-refractivity contribution < 1.29 is 14.6 Å². The number of aliphatic hydroxyl groups excluding tert-OH is 1. The molecule has 3 nitrogen and oxygen atoms in total. The third-order valence-corrected chi connectivity index (χ3v) is 2.92. The van der Waals surface area contributed by atoms with Gasteiger partial charge in [-0.2, -0.15) is 0 Å². The molecule has 1 unspecified atom stereocenters. The second-order valence-electron chi connectivity index (χ2n) is 4.11. The summed E-state index contributed by atoms with van der Waals surface area (Å²) >= 11 is 0. The molecular weight excluding hydrogens is 216 g/mol. The molecule has 0 bridgehead atoms. The van der Waals surface area contributed by atoms with Gasteiger partial charge in [-0.1, -0.05) is 25.5 Å². The van der Waals surface area contributed by atoms with E-state index in [0.717, 1.165) is 19.3 Å². The van der Waals surface area contributed by atoms with Crippen LogP contribution in [-0.4, -0.2) is 24.8 Å². The molecule has 0 saturated carbocycles. The summed E-state index contributed by atoms with van der Waals surface area (Å²) in [6.07, 6.45) is 2.91. The van der Waals surface area contributed by atoms with Crippen molar-refractivity contribution in [2.24, 2.45) is 0 Å². The normalized spacial score (nSPS) is 12.2. The zero-order valence-electron chi connectivity index (χ0n) is 10.5. The lowest BCUT2D eigenvalue weighted by Crippen LogP contribution is -2.04. The fourth-order valence-corrected chi connectivity index (χ4v) is 1.99. The number of hydrogen-bond acceptors (Lipinski definition) is 3. The Morgan fingerprint density at radius 3 is 2.41 bits per heavy atom. The van der Waals surface area contributed by atoms with Gasteiger partial charge in [0.05, 0.1) is 12.7 Å². The summed E-state index contributed by atoms with van der Waals surface area (Å²) < 4.78 is 4.65. The van der Waals surface area contributed by atoms with Crippen molar-refractivity contribution >= 4 is 5.97 Å². The number of carbonyl (C=O) groups is 1. The standard InChI is InChI=1S/C14H20O3/c1-3-4-11(9-10-15)12-5-7-13(8-6-12)14(16)17-2/h5-8,11,15H,3-4,9-10H2,1-2H3. The highest BCUT2D eigenvalue weighted by Gasteiger charge is 2.11. The third-order valence-electron chi connectivity index (χ3n) is 2.92. The van der Waals surface area contributed by atoms with E-state index in [0.29, 0.717) is 11.5 Å². The Balaban J connectivity index is 2.80. The van der Waals surface area contributed by atoms with Gasteiger partial charge >= 0.3 is 5.97 Å². The number of hydrogen-bond donors (Lipinski definition) is 1. The van der Waals surface area contributed by atoms with Crippen molar-refractivity contribution in [1.29, 1.82) is 0 Å². The lowest BCUT2D eigenvalue weighted by molar-refractivity contribution is 0.0600. The molecule has 0 aliphatic rings. The van der Waals surface area contributed by atoms with Crippen LogP contribution in [0.4, 0.5) is 0 Å². The summed E-state index contributed by atoms with van der Waals surface area (Å²) in [5.41, 5.74) is 1.74. The highest BCUT2D eigenvalue weighted by Crippen LogP contribution is 2.24. The predicted octanol–water partition coefficient (Wildman–Crippen LogP) is 2.74. The lowest BCUT2D eigenvalue weighted by atomic mass is 9.91. The van der Waals surface area contributed by atoms with E-state index in [-0.39, 0.29) is 12.6 Å². The van der Waals surface area contributed by atoms with Crippen molar-refractivity contribution in [2.75, 3.05) is 13.7 Å². The Morgan fingerprint density at radius 2 is 1.94 bits per heavy atom. The number of aliphatic hydroxyl groups is 1. The largest absolute Gasteiger partial charge is 0.465 e. The molecule has 1 aromatic carbocycles. The van der Waals surface area contributed by atoms with Gasteiger partial charge in [-0.05, 0) is 36.5 Å². The Hall–Kier alpha value is -1.35. The highest BCUT2D eigenvalue weighted by atomic mass is 16.5. The van der Waals surface area contributed by atoms with Crippen LogP contribution in [0.5, 0.6) is 0 Å². The van der Waals surface area contributed by atoms with Crippen molar-refractivity contribution in [3.05, 3.63) is 35.4 Å². The molecular formula is C14H20O3. The van der Waals surface area contributed by atoms with E-state index in [1.165, 1.54) is 12.7 Å². The van der Waals surface area contributed by atoms with E-state index in [9.17, 15) is 4.79 Å². The molecule has 1 atom stereocenters. The Bertz CT molecular complexity index is 337. The fraction of sp³-hybridized carbons (Fsp3) is 0.500. The van der Waals surface area contributed by atoms with Gasteiger partial charge in [-0.25, -0.2) is 4.79 Å². The first kappa shape index (κ1) is 13.7. The summed E-state index contributed by atoms with van der Waals surface area (Å²) in [6.45, 7) is 2.33. The number of rotatable bonds is 6. The van der Waals surface area contributed by atoms with Crippen LogP contribution in [-0.2, 0) is 4.74 Å². The molecule has 0 aliphatic carbocycles. The molecule has 0 fully saturated rings. The minimum Gasteiger partial charge on any atom is -0.465 e. The van der Waals surface area contributed by atoms with Crippen LogP contribution in [0.2, 0.25) is 0 Å². The molecule has 0 saturated heterocycles. The minimum atomic E-state index is -0.314. The molecule has 1 aromatic rings. The third kappa shape index (κ3) is 3.86. The molecule has 94 valence electrons. The fourth-order valence-electron chi connectivity index (χ4n) is 1.99. The zero-order valence-corrected chi connectivity index (χ0v) is 10.5. The zero-order chi connectivity index (χ0) is 12.7. The summed E-state index contributed by atoms with van der Waals surface area (Å²) in [6, 6.07) is 7.45. The molecule has 1 N–H and O–H groups in total. The van der Waals surface area contributed by atoms with Crippen molar-refractivity contribution in [2.45, 2.75) is 32.1 Å². The summed E-state index contributed by atoms with van der Waals surface area (Å²) in [7, 11) is 1.38. The van der Waals surface area contributed by atoms with Gasteiger partial charge in [-0.3, -0.25) is 0 Å². The van der Waals surface area contributed by atoms with Crippen LogP contribution in [0.3, 0.4) is 0 Å². The molecule has 0 aliphatic heterocycles. The molecule has 0 heterocycles. The monoisotopic (exact) mass is 236 g/mol. The SMILES string of the molecule is CCCC(CCO)c1ccc(C(=O)OC)cc1. The van der Waals surface area contributed by atoms with Gasteiger partial charge in [0, 0.05) is 6.61 Å². The maximum absolute atomic E-state index is 11.3. The predicted molar refractivity (Wildman–Crippen MR) is 67.1 cm³/mol. The first-order valence-corrected chi connectivity index (χ1v) is 6.02. The Labute approximate surface area is 102 Å². The van der Waals surface area contributed by atoms with Crippen molar-refractivity contribution in [3.63, 3.8) is 0 Å². The van der Waals surface area contributed by atoms with E-state index in [2.05, 4.69) is 11.7 Å².